The molecule has 1 heterocycles. The number of nitrogens with one attached hydrogen (secondary N) is 1. The number of benzene rings is 2. The lowest BCUT2D eigenvalue weighted by Gasteiger charge is -2.20. The summed E-state index contributed by atoms with van der Waals surface area (Å²) in [5.74, 6) is -1.35. The number of amides is 3. The van der Waals surface area contributed by atoms with Crippen LogP contribution >= 0.6 is 0 Å². The van der Waals surface area contributed by atoms with Crippen LogP contribution in [0.2, 0.25) is 0 Å². The van der Waals surface area contributed by atoms with Crippen molar-refractivity contribution in [2.45, 2.75) is 20.0 Å². The number of nitrogens with zero attached hydrogens (tertiary/aromatic N) is 1. The van der Waals surface area contributed by atoms with Crippen molar-refractivity contribution in [3.8, 4) is 17.0 Å². The molecule has 3 aromatic rings. The Balaban J connectivity index is 2.08. The van der Waals surface area contributed by atoms with Gasteiger partial charge in [-0.3, -0.25) is 10.1 Å². The number of carbonyl (C=O) groups is 3. The number of hydrogen-bond donors (Lipinski definition) is 2. The maximum atomic E-state index is 13.2. The monoisotopic (exact) mass is 421 g/mol. The van der Waals surface area contributed by atoms with E-state index in [2.05, 4.69) is 4.98 Å². The number of methoxy groups -OCH3 is 1. The molecule has 0 fully saturated rings. The molecule has 8 heteroatoms. The van der Waals surface area contributed by atoms with Crippen molar-refractivity contribution in [1.29, 1.82) is 0 Å². The summed E-state index contributed by atoms with van der Waals surface area (Å²) in [6, 6.07) is 15.2. The highest BCUT2D eigenvalue weighted by Gasteiger charge is 2.29. The van der Waals surface area contributed by atoms with Crippen molar-refractivity contribution in [1.82, 2.24) is 10.3 Å². The van der Waals surface area contributed by atoms with E-state index in [1.807, 2.05) is 35.6 Å². The van der Waals surface area contributed by atoms with Gasteiger partial charge in [0, 0.05) is 10.9 Å². The first-order valence-corrected chi connectivity index (χ1v) is 9.65. The Kier molecular flexibility index (Phi) is 6.49. The van der Waals surface area contributed by atoms with Gasteiger partial charge in [-0.15, -0.1) is 0 Å². The van der Waals surface area contributed by atoms with Crippen molar-refractivity contribution in [3.05, 3.63) is 60.2 Å². The number of rotatable bonds is 6. The number of ether oxygens (including phenoxy) is 2. The minimum atomic E-state index is -1.20. The van der Waals surface area contributed by atoms with Crippen LogP contribution in [0.4, 0.5) is 4.79 Å². The van der Waals surface area contributed by atoms with E-state index in [4.69, 9.17) is 15.2 Å². The van der Waals surface area contributed by atoms with E-state index in [1.54, 1.807) is 38.1 Å². The molecular weight excluding hydrogens is 398 g/mol. The molecule has 3 amide bonds. The van der Waals surface area contributed by atoms with Crippen LogP contribution in [0.3, 0.4) is 0 Å². The molecule has 160 valence electrons. The van der Waals surface area contributed by atoms with E-state index in [9.17, 15) is 14.4 Å². The number of carbonyl (C=O) groups excluding carboxylic acids is 3. The maximum Gasteiger partial charge on any atom is 0.339 e. The number of esters is 1. The van der Waals surface area contributed by atoms with E-state index >= 15 is 0 Å². The molecule has 0 saturated heterocycles. The number of imide groups is 1. The fourth-order valence-electron chi connectivity index (χ4n) is 3.12. The Morgan fingerprint density at radius 2 is 1.74 bits per heavy atom. The molecule has 0 aliphatic heterocycles. The molecule has 0 saturated carbocycles. The molecule has 0 radical (unpaired) electrons. The van der Waals surface area contributed by atoms with Crippen LogP contribution in [-0.4, -0.2) is 36.1 Å². The van der Waals surface area contributed by atoms with Crippen molar-refractivity contribution in [2.24, 2.45) is 11.7 Å². The highest BCUT2D eigenvalue weighted by atomic mass is 16.5. The van der Waals surface area contributed by atoms with E-state index in [0.717, 1.165) is 5.56 Å². The fourth-order valence-corrected chi connectivity index (χ4v) is 3.12. The third kappa shape index (κ3) is 4.98. The molecule has 1 atom stereocenters. The molecule has 3 rings (SSSR count). The average Bonchev–Trinajstić information content (AvgIpc) is 2.75. The molecule has 2 aromatic carbocycles. The summed E-state index contributed by atoms with van der Waals surface area (Å²) in [6.45, 7) is 3.39. The van der Waals surface area contributed by atoms with E-state index < -0.39 is 24.0 Å². The lowest BCUT2D eigenvalue weighted by Crippen LogP contribution is -2.45. The Bertz CT molecular complexity index is 1130. The summed E-state index contributed by atoms with van der Waals surface area (Å²) in [5.41, 5.74) is 7.22. The van der Waals surface area contributed by atoms with Crippen LogP contribution in [-0.2, 0) is 9.53 Å². The first kappa shape index (κ1) is 21.8. The minimum Gasteiger partial charge on any atom is -0.497 e. The molecule has 31 heavy (non-hydrogen) atoms. The summed E-state index contributed by atoms with van der Waals surface area (Å²) in [7, 11) is 1.52. The zero-order valence-corrected chi connectivity index (χ0v) is 17.4. The Morgan fingerprint density at radius 3 is 2.35 bits per heavy atom. The second-order valence-electron chi connectivity index (χ2n) is 7.23. The number of hydrogen-bond acceptors (Lipinski definition) is 6. The van der Waals surface area contributed by atoms with Gasteiger partial charge in [0.25, 0.3) is 5.91 Å². The number of aromatic nitrogens is 1. The smallest absolute Gasteiger partial charge is 0.339 e. The average molecular weight is 421 g/mol. The van der Waals surface area contributed by atoms with Crippen LogP contribution in [0.1, 0.15) is 24.2 Å². The predicted molar refractivity (Wildman–Crippen MR) is 115 cm³/mol. The van der Waals surface area contributed by atoms with Crippen LogP contribution in [0.5, 0.6) is 5.75 Å². The minimum absolute atomic E-state index is 0.222. The highest BCUT2D eigenvalue weighted by Crippen LogP contribution is 2.28. The SMILES string of the molecule is COc1ccc2nc(-c3ccccc3)cc(C(=O)O[C@@H](C(=O)NC(N)=O)C(C)C)c2c1. The van der Waals surface area contributed by atoms with Crippen molar-refractivity contribution in [2.75, 3.05) is 7.11 Å². The second kappa shape index (κ2) is 9.25. The summed E-state index contributed by atoms with van der Waals surface area (Å²) >= 11 is 0. The number of pyridine rings is 1. The molecule has 0 aliphatic carbocycles. The van der Waals surface area contributed by atoms with Gasteiger partial charge in [0.15, 0.2) is 6.10 Å². The van der Waals surface area contributed by atoms with E-state index in [-0.39, 0.29) is 11.5 Å². The van der Waals surface area contributed by atoms with Gasteiger partial charge in [-0.2, -0.15) is 0 Å². The molecule has 1 aromatic heterocycles. The van der Waals surface area contributed by atoms with Gasteiger partial charge >= 0.3 is 12.0 Å². The summed E-state index contributed by atoms with van der Waals surface area (Å²) in [6.07, 6.45) is -1.20. The zero-order valence-electron chi connectivity index (χ0n) is 17.4. The van der Waals surface area contributed by atoms with Crippen LogP contribution in [0, 0.1) is 5.92 Å². The molecule has 8 nitrogen and oxygen atoms in total. The molecular formula is C23H23N3O5. The van der Waals surface area contributed by atoms with E-state index in [1.165, 1.54) is 7.11 Å². The third-order valence-electron chi connectivity index (χ3n) is 4.65. The summed E-state index contributed by atoms with van der Waals surface area (Å²) < 4.78 is 10.8. The Morgan fingerprint density at radius 1 is 1.03 bits per heavy atom. The third-order valence-corrected chi connectivity index (χ3v) is 4.65. The zero-order chi connectivity index (χ0) is 22.5. The summed E-state index contributed by atoms with van der Waals surface area (Å²) in [4.78, 5) is 41.2. The molecule has 0 aliphatic rings. The van der Waals surface area contributed by atoms with Gasteiger partial charge in [0.2, 0.25) is 0 Å². The fraction of sp³-hybridized carbons (Fsp3) is 0.217. The molecule has 0 bridgehead atoms. The number of urea groups is 1. The van der Waals surface area contributed by atoms with Gasteiger partial charge < -0.3 is 15.2 Å². The van der Waals surface area contributed by atoms with Crippen LogP contribution in [0.25, 0.3) is 22.2 Å². The topological polar surface area (TPSA) is 121 Å². The quantitative estimate of drug-likeness (QED) is 0.589. The van der Waals surface area contributed by atoms with Crippen molar-refractivity contribution in [3.63, 3.8) is 0 Å². The standard InChI is InChI=1S/C23H23N3O5/c1-13(2)20(21(27)26-23(24)29)31-22(28)17-12-19(14-7-5-4-6-8-14)25-18-10-9-15(30-3)11-16(17)18/h4-13,20H,1-3H3,(H3,24,26,27,29)/t20-/m1/s1. The lowest BCUT2D eigenvalue weighted by atomic mass is 10.0. The van der Waals surface area contributed by atoms with Gasteiger partial charge in [0.05, 0.1) is 23.9 Å². The van der Waals surface area contributed by atoms with Gasteiger partial charge in [-0.1, -0.05) is 44.2 Å². The van der Waals surface area contributed by atoms with Crippen molar-refractivity contribution >= 4 is 28.8 Å². The van der Waals surface area contributed by atoms with E-state index in [0.29, 0.717) is 22.3 Å². The highest BCUT2D eigenvalue weighted by molar-refractivity contribution is 6.06. The maximum absolute atomic E-state index is 13.2. The molecule has 0 unspecified atom stereocenters. The predicted octanol–water partition coefficient (Wildman–Crippen LogP) is 3.29. The van der Waals surface area contributed by atoms with Gasteiger partial charge in [0.1, 0.15) is 5.75 Å². The first-order valence-electron chi connectivity index (χ1n) is 9.65. The molecule has 3 N–H and O–H groups in total. The Labute approximate surface area is 179 Å². The molecule has 0 spiro atoms. The largest absolute Gasteiger partial charge is 0.497 e. The van der Waals surface area contributed by atoms with Crippen LogP contribution in [0.15, 0.2) is 54.6 Å². The lowest BCUT2D eigenvalue weighted by molar-refractivity contribution is -0.130. The van der Waals surface area contributed by atoms with Gasteiger partial charge in [-0.25, -0.2) is 14.6 Å². The normalized spacial score (nSPS) is 11.7. The number of primary amides is 1. The van der Waals surface area contributed by atoms with Crippen molar-refractivity contribution < 1.29 is 23.9 Å². The number of nitrogens with two attached hydrogens (primary N) is 1. The second-order valence-corrected chi connectivity index (χ2v) is 7.23. The summed E-state index contributed by atoms with van der Waals surface area (Å²) in [5, 5.41) is 2.48. The Hall–Kier alpha value is -3.94. The first-order chi connectivity index (χ1) is 14.8. The number of fused-ring (bicyclic) bond motifs is 1. The van der Waals surface area contributed by atoms with Gasteiger partial charge in [-0.05, 0) is 30.2 Å². The van der Waals surface area contributed by atoms with Crippen LogP contribution < -0.4 is 15.8 Å².